The first kappa shape index (κ1) is 30.9. The predicted octanol–water partition coefficient (Wildman–Crippen LogP) is 5.58. The molecule has 0 saturated carbocycles. The highest BCUT2D eigenvalue weighted by atomic mass is 19.4. The molecule has 0 amide bonds. The number of carboxylic acids is 1. The summed E-state index contributed by atoms with van der Waals surface area (Å²) in [5, 5.41) is 8.43. The van der Waals surface area contributed by atoms with Crippen LogP contribution in [0.3, 0.4) is 0 Å². The van der Waals surface area contributed by atoms with Crippen LogP contribution in [0, 0.1) is 5.41 Å². The number of aliphatic carboxylic acids is 1. The third-order valence-electron chi connectivity index (χ3n) is 4.08. The van der Waals surface area contributed by atoms with E-state index < -0.39 is 72.0 Å². The summed E-state index contributed by atoms with van der Waals surface area (Å²) < 4.78 is 235. The third kappa shape index (κ3) is 3.46. The number of hydrogen-bond acceptors (Lipinski definition) is 2. The Bertz CT molecular complexity index is 722. The van der Waals surface area contributed by atoms with Crippen molar-refractivity contribution in [2.24, 2.45) is 5.41 Å². The molecule has 33 heavy (non-hydrogen) atoms. The highest BCUT2D eigenvalue weighted by molar-refractivity contribution is 6.05. The van der Waals surface area contributed by atoms with Crippen molar-refractivity contribution in [1.82, 2.24) is 0 Å². The van der Waals surface area contributed by atoms with Crippen LogP contribution in [0.5, 0.6) is 0 Å². The molecule has 0 bridgehead atoms. The van der Waals surface area contributed by atoms with Gasteiger partial charge in [-0.3, -0.25) is 9.59 Å². The van der Waals surface area contributed by atoms with E-state index in [0.29, 0.717) is 0 Å². The van der Waals surface area contributed by atoms with Crippen molar-refractivity contribution in [3.05, 3.63) is 0 Å². The lowest BCUT2D eigenvalue weighted by atomic mass is 9.66. The highest BCUT2D eigenvalue weighted by Crippen LogP contribution is 2.67. The molecule has 0 aliphatic heterocycles. The maximum atomic E-state index is 14.1. The van der Waals surface area contributed by atoms with Crippen LogP contribution in [-0.2, 0) is 9.59 Å². The number of carboxylic acid groups (broad SMARTS) is 1. The molecule has 0 radical (unpaired) electrons. The Balaban J connectivity index is 7.80. The maximum Gasteiger partial charge on any atom is 0.460 e. The van der Waals surface area contributed by atoms with Gasteiger partial charge >= 0.3 is 53.9 Å². The monoisotopic (exact) mass is 538 g/mol. The normalized spacial score (nSPS) is 16.1. The quantitative estimate of drug-likeness (QED) is 0.325. The molecule has 0 atom stereocenters. The van der Waals surface area contributed by atoms with Crippen molar-refractivity contribution >= 4 is 11.8 Å². The first-order chi connectivity index (χ1) is 13.9. The molecule has 0 aromatic heterocycles. The van der Waals surface area contributed by atoms with E-state index in [9.17, 15) is 88.6 Å². The molecule has 0 aliphatic rings. The summed E-state index contributed by atoms with van der Waals surface area (Å²) in [5.41, 5.74) is -7.74. The lowest BCUT2D eigenvalue weighted by Gasteiger charge is -2.47. The minimum atomic E-state index is -8.63. The minimum Gasteiger partial charge on any atom is -0.480 e. The van der Waals surface area contributed by atoms with Gasteiger partial charge in [-0.1, -0.05) is 0 Å². The van der Waals surface area contributed by atoms with E-state index in [0.717, 1.165) is 0 Å². The van der Waals surface area contributed by atoms with Crippen LogP contribution in [0.1, 0.15) is 6.92 Å². The number of ketones is 1. The first-order valence-corrected chi connectivity index (χ1v) is 7.03. The molecule has 0 heterocycles. The molecule has 0 aliphatic carbocycles. The molecular formula is C12H4F18O3. The van der Waals surface area contributed by atoms with Crippen LogP contribution in [0.2, 0.25) is 0 Å². The van der Waals surface area contributed by atoms with Gasteiger partial charge in [0.15, 0.2) is 5.78 Å². The Labute approximate surface area is 167 Å². The zero-order valence-corrected chi connectivity index (χ0v) is 14.6. The first-order valence-electron chi connectivity index (χ1n) is 7.03. The third-order valence-corrected chi connectivity index (χ3v) is 4.08. The van der Waals surface area contributed by atoms with Crippen molar-refractivity contribution in [3.8, 4) is 0 Å². The zero-order chi connectivity index (χ0) is 27.7. The minimum absolute atomic E-state index is 1.18. The van der Waals surface area contributed by atoms with Crippen molar-refractivity contribution < 1.29 is 93.7 Å². The van der Waals surface area contributed by atoms with Crippen LogP contribution in [0.25, 0.3) is 0 Å². The average Bonchev–Trinajstić information content (AvgIpc) is 2.50. The van der Waals surface area contributed by atoms with Crippen LogP contribution in [0.15, 0.2) is 0 Å². The molecule has 3 nitrogen and oxygen atoms in total. The van der Waals surface area contributed by atoms with E-state index in [2.05, 4.69) is 0 Å². The Hall–Kier alpha value is -2.12. The van der Waals surface area contributed by atoms with E-state index in [1.807, 2.05) is 0 Å². The van der Waals surface area contributed by atoms with Gasteiger partial charge in [0.1, 0.15) is 0 Å². The summed E-state index contributed by atoms with van der Waals surface area (Å²) >= 11 is 0. The molecule has 196 valence electrons. The average molecular weight is 538 g/mol. The zero-order valence-electron chi connectivity index (χ0n) is 14.6. The standard InChI is InChI=1S/C12H4F18O3/c1-2(31)4(3(32)33,5(13,14)7(17,18)9(21,22)11(25,26)27)6(15,16)8(19,20)10(23,24)12(28,29)30/h1H3,(H,32,33). The van der Waals surface area contributed by atoms with Gasteiger partial charge in [-0.15, -0.1) is 0 Å². The van der Waals surface area contributed by atoms with E-state index in [4.69, 9.17) is 5.11 Å². The van der Waals surface area contributed by atoms with Crippen LogP contribution in [-0.4, -0.2) is 64.7 Å². The molecule has 0 unspecified atom stereocenters. The van der Waals surface area contributed by atoms with E-state index in [1.165, 1.54) is 0 Å². The number of Topliss-reactive ketones (excluding diaryl/α,β-unsaturated/α-hetero) is 1. The summed E-state index contributed by atoms with van der Waals surface area (Å²) in [5.74, 6) is -60.1. The van der Waals surface area contributed by atoms with E-state index >= 15 is 0 Å². The number of hydrogen-bond donors (Lipinski definition) is 1. The maximum absolute atomic E-state index is 14.1. The summed E-state index contributed by atoms with van der Waals surface area (Å²) in [4.78, 5) is 22.1. The fourth-order valence-corrected chi connectivity index (χ4v) is 2.28. The van der Waals surface area contributed by atoms with Crippen molar-refractivity contribution in [2.45, 2.75) is 54.8 Å². The summed E-state index contributed by atoms with van der Waals surface area (Å²) in [6.45, 7) is -1.18. The second-order valence-electron chi connectivity index (χ2n) is 6.05. The van der Waals surface area contributed by atoms with Gasteiger partial charge in [0, 0.05) is 0 Å². The molecule has 0 spiro atoms. The largest absolute Gasteiger partial charge is 0.480 e. The van der Waals surface area contributed by atoms with Crippen LogP contribution >= 0.6 is 0 Å². The highest BCUT2D eigenvalue weighted by Gasteiger charge is 2.98. The van der Waals surface area contributed by atoms with Gasteiger partial charge in [-0.25, -0.2) is 0 Å². The van der Waals surface area contributed by atoms with Crippen molar-refractivity contribution in [1.29, 1.82) is 0 Å². The topological polar surface area (TPSA) is 54.4 Å². The SMILES string of the molecule is CC(=O)C(C(=O)O)(C(F)(F)C(F)(F)C(F)(F)C(F)(F)F)C(F)(F)C(F)(F)C(F)(F)C(F)(F)F. The molecule has 0 aromatic rings. The Morgan fingerprint density at radius 3 is 0.788 bits per heavy atom. The van der Waals surface area contributed by atoms with Crippen molar-refractivity contribution in [2.75, 3.05) is 0 Å². The summed E-state index contributed by atoms with van der Waals surface area (Å²) in [6, 6.07) is 0. The van der Waals surface area contributed by atoms with Crippen LogP contribution < -0.4 is 0 Å². The second-order valence-corrected chi connectivity index (χ2v) is 6.05. The smallest absolute Gasteiger partial charge is 0.460 e. The number of carbonyl (C=O) groups is 2. The molecule has 0 fully saturated rings. The van der Waals surface area contributed by atoms with Gasteiger partial charge in [0.2, 0.25) is 0 Å². The molecular weight excluding hydrogens is 534 g/mol. The lowest BCUT2D eigenvalue weighted by molar-refractivity contribution is -0.444. The number of alkyl halides is 18. The van der Waals surface area contributed by atoms with Crippen molar-refractivity contribution in [3.63, 3.8) is 0 Å². The Morgan fingerprint density at radius 2 is 0.667 bits per heavy atom. The van der Waals surface area contributed by atoms with E-state index in [-0.39, 0.29) is 0 Å². The van der Waals surface area contributed by atoms with Gasteiger partial charge in [-0.05, 0) is 6.92 Å². The molecule has 0 aromatic carbocycles. The van der Waals surface area contributed by atoms with Gasteiger partial charge < -0.3 is 5.11 Å². The molecule has 21 heteroatoms. The number of carbonyl (C=O) groups excluding carboxylic acids is 1. The van der Waals surface area contributed by atoms with Gasteiger partial charge in [0.05, 0.1) is 0 Å². The van der Waals surface area contributed by atoms with E-state index in [1.54, 1.807) is 0 Å². The van der Waals surface area contributed by atoms with Gasteiger partial charge in [0.25, 0.3) is 5.41 Å². The lowest BCUT2D eigenvalue weighted by Crippen LogP contribution is -2.79. The van der Waals surface area contributed by atoms with Crippen LogP contribution in [0.4, 0.5) is 79.0 Å². The molecule has 0 rings (SSSR count). The molecule has 1 N–H and O–H groups in total. The summed E-state index contributed by atoms with van der Waals surface area (Å²) in [7, 11) is 0. The number of halogens is 18. The fourth-order valence-electron chi connectivity index (χ4n) is 2.28. The number of rotatable bonds is 8. The van der Waals surface area contributed by atoms with Gasteiger partial charge in [-0.2, -0.15) is 79.0 Å². The molecule has 0 saturated heterocycles. The fraction of sp³-hybridized carbons (Fsp3) is 0.833. The second kappa shape index (κ2) is 7.44. The Kier molecular flexibility index (Phi) is 6.96. The summed E-state index contributed by atoms with van der Waals surface area (Å²) in [6.07, 6.45) is -15.8. The predicted molar refractivity (Wildman–Crippen MR) is 62.5 cm³/mol. The Morgan fingerprint density at radius 1 is 0.455 bits per heavy atom.